The molecular formula is C20H20N2O3S. The molecule has 0 aliphatic carbocycles. The van der Waals surface area contributed by atoms with Crippen molar-refractivity contribution in [2.24, 2.45) is 0 Å². The van der Waals surface area contributed by atoms with Gasteiger partial charge in [0, 0.05) is 0 Å². The number of ether oxygens (including phenoxy) is 2. The molecule has 1 saturated heterocycles. The van der Waals surface area contributed by atoms with E-state index in [0.29, 0.717) is 22.3 Å². The molecule has 2 aromatic rings. The molecule has 1 heterocycles. The monoisotopic (exact) mass is 368 g/mol. The smallest absolute Gasteiger partial charge is 0.281 e. The molecule has 0 saturated carbocycles. The van der Waals surface area contributed by atoms with Crippen LogP contribution in [0, 0.1) is 13.8 Å². The number of thiocarbonyl (C=S) groups is 1. The molecule has 5 nitrogen and oxygen atoms in total. The minimum Gasteiger partial charge on any atom is -0.493 e. The van der Waals surface area contributed by atoms with E-state index in [1.165, 1.54) is 4.90 Å². The first kappa shape index (κ1) is 17.9. The Morgan fingerprint density at radius 1 is 1.00 bits per heavy atom. The zero-order valence-corrected chi connectivity index (χ0v) is 15.9. The van der Waals surface area contributed by atoms with E-state index in [4.69, 9.17) is 21.7 Å². The summed E-state index contributed by atoms with van der Waals surface area (Å²) in [6.45, 7) is 3.99. The van der Waals surface area contributed by atoms with Crippen LogP contribution in [0.2, 0.25) is 0 Å². The lowest BCUT2D eigenvalue weighted by Crippen LogP contribution is -2.30. The second kappa shape index (κ2) is 7.17. The highest BCUT2D eigenvalue weighted by atomic mass is 32.1. The Kier molecular flexibility index (Phi) is 4.95. The number of rotatable bonds is 4. The summed E-state index contributed by atoms with van der Waals surface area (Å²) in [4.78, 5) is 14.4. The maximum Gasteiger partial charge on any atom is 0.281 e. The highest BCUT2D eigenvalue weighted by Gasteiger charge is 2.32. The molecule has 0 bridgehead atoms. The van der Waals surface area contributed by atoms with Crippen molar-refractivity contribution in [3.8, 4) is 11.5 Å². The number of nitrogens with zero attached hydrogens (tertiary/aromatic N) is 1. The van der Waals surface area contributed by atoms with Crippen molar-refractivity contribution < 1.29 is 14.3 Å². The molecule has 0 atom stereocenters. The lowest BCUT2D eigenvalue weighted by molar-refractivity contribution is -0.113. The van der Waals surface area contributed by atoms with Crippen LogP contribution in [0.3, 0.4) is 0 Å². The number of hydrogen-bond acceptors (Lipinski definition) is 4. The number of aryl methyl sites for hydroxylation is 2. The topological polar surface area (TPSA) is 50.8 Å². The van der Waals surface area contributed by atoms with Crippen LogP contribution >= 0.6 is 12.2 Å². The number of nitrogens with one attached hydrogen (secondary N) is 1. The van der Waals surface area contributed by atoms with Crippen LogP contribution in [0.4, 0.5) is 5.69 Å². The van der Waals surface area contributed by atoms with Crippen LogP contribution in [-0.4, -0.2) is 25.2 Å². The van der Waals surface area contributed by atoms with E-state index in [1.54, 1.807) is 26.4 Å². The minimum atomic E-state index is -0.185. The number of amides is 1. The molecule has 3 rings (SSSR count). The van der Waals surface area contributed by atoms with E-state index in [0.717, 1.165) is 22.4 Å². The molecule has 0 aromatic heterocycles. The molecule has 0 radical (unpaired) electrons. The van der Waals surface area contributed by atoms with Gasteiger partial charge in [-0.25, -0.2) is 0 Å². The van der Waals surface area contributed by atoms with Crippen molar-refractivity contribution >= 4 is 35.0 Å². The van der Waals surface area contributed by atoms with Gasteiger partial charge in [-0.05, 0) is 73.1 Å². The second-order valence-corrected chi connectivity index (χ2v) is 6.48. The average molecular weight is 368 g/mol. The molecule has 1 fully saturated rings. The molecule has 26 heavy (non-hydrogen) atoms. The van der Waals surface area contributed by atoms with Gasteiger partial charge in [0.2, 0.25) is 0 Å². The normalized spacial score (nSPS) is 15.4. The summed E-state index contributed by atoms with van der Waals surface area (Å²) in [5, 5.41) is 3.37. The number of carbonyl (C=O) groups excluding carboxylic acids is 1. The zero-order chi connectivity index (χ0) is 18.8. The molecule has 1 aliphatic heterocycles. The van der Waals surface area contributed by atoms with Crippen molar-refractivity contribution in [3.63, 3.8) is 0 Å². The molecule has 1 aliphatic rings. The number of anilines is 1. The summed E-state index contributed by atoms with van der Waals surface area (Å²) in [6.07, 6.45) is 1.75. The van der Waals surface area contributed by atoms with E-state index in [2.05, 4.69) is 11.4 Å². The highest BCUT2D eigenvalue weighted by Crippen LogP contribution is 2.29. The first-order valence-corrected chi connectivity index (χ1v) is 8.51. The Morgan fingerprint density at radius 3 is 2.27 bits per heavy atom. The Balaban J connectivity index is 1.94. The summed E-state index contributed by atoms with van der Waals surface area (Å²) in [6, 6.07) is 11.4. The van der Waals surface area contributed by atoms with Crippen molar-refractivity contribution in [1.82, 2.24) is 5.32 Å². The van der Waals surface area contributed by atoms with E-state index in [9.17, 15) is 4.79 Å². The van der Waals surface area contributed by atoms with E-state index < -0.39 is 0 Å². The van der Waals surface area contributed by atoms with Crippen LogP contribution in [0.5, 0.6) is 11.5 Å². The number of hydrogen-bond donors (Lipinski definition) is 1. The van der Waals surface area contributed by atoms with Gasteiger partial charge in [-0.1, -0.05) is 12.1 Å². The lowest BCUT2D eigenvalue weighted by atomic mass is 10.1. The predicted molar refractivity (Wildman–Crippen MR) is 107 cm³/mol. The maximum atomic E-state index is 12.9. The van der Waals surface area contributed by atoms with E-state index in [1.807, 2.05) is 38.1 Å². The number of carbonyl (C=O) groups is 1. The summed E-state index contributed by atoms with van der Waals surface area (Å²) in [5.41, 5.74) is 4.14. The van der Waals surface area contributed by atoms with Crippen LogP contribution in [0.1, 0.15) is 16.7 Å². The third kappa shape index (κ3) is 3.41. The molecule has 0 unspecified atom stereocenters. The Hall–Kier alpha value is -2.86. The van der Waals surface area contributed by atoms with Gasteiger partial charge < -0.3 is 14.8 Å². The van der Waals surface area contributed by atoms with Gasteiger partial charge >= 0.3 is 0 Å². The second-order valence-electron chi connectivity index (χ2n) is 6.09. The molecule has 1 N–H and O–H groups in total. The van der Waals surface area contributed by atoms with Gasteiger partial charge in [-0.15, -0.1) is 0 Å². The number of methoxy groups -OCH3 is 2. The molecular weight excluding hydrogens is 348 g/mol. The van der Waals surface area contributed by atoms with Gasteiger partial charge in [0.1, 0.15) is 5.70 Å². The minimum absolute atomic E-state index is 0.185. The van der Waals surface area contributed by atoms with Gasteiger partial charge in [0.25, 0.3) is 5.91 Å². The van der Waals surface area contributed by atoms with Crippen molar-refractivity contribution in [2.75, 3.05) is 19.1 Å². The third-order valence-corrected chi connectivity index (χ3v) is 4.35. The fourth-order valence-electron chi connectivity index (χ4n) is 2.96. The van der Waals surface area contributed by atoms with Gasteiger partial charge in [-0.3, -0.25) is 9.69 Å². The van der Waals surface area contributed by atoms with Gasteiger partial charge in [0.15, 0.2) is 16.6 Å². The molecule has 134 valence electrons. The first-order chi connectivity index (χ1) is 12.4. The zero-order valence-electron chi connectivity index (χ0n) is 15.1. The van der Waals surface area contributed by atoms with Crippen LogP contribution in [-0.2, 0) is 4.79 Å². The van der Waals surface area contributed by atoms with Crippen LogP contribution in [0.15, 0.2) is 42.1 Å². The van der Waals surface area contributed by atoms with E-state index in [-0.39, 0.29) is 5.91 Å². The molecule has 2 aromatic carbocycles. The predicted octanol–water partition coefficient (Wildman–Crippen LogP) is 3.58. The largest absolute Gasteiger partial charge is 0.493 e. The van der Waals surface area contributed by atoms with Gasteiger partial charge in [0.05, 0.1) is 19.9 Å². The van der Waals surface area contributed by atoms with Crippen molar-refractivity contribution in [1.29, 1.82) is 0 Å². The lowest BCUT2D eigenvalue weighted by Gasteiger charge is -2.15. The molecule has 0 spiro atoms. The van der Waals surface area contributed by atoms with Crippen molar-refractivity contribution in [3.05, 3.63) is 58.8 Å². The first-order valence-electron chi connectivity index (χ1n) is 8.10. The number of benzene rings is 2. The highest BCUT2D eigenvalue weighted by molar-refractivity contribution is 7.80. The fourth-order valence-corrected chi connectivity index (χ4v) is 3.26. The fraction of sp³-hybridized carbons (Fsp3) is 0.200. The van der Waals surface area contributed by atoms with Crippen molar-refractivity contribution in [2.45, 2.75) is 13.8 Å². The summed E-state index contributed by atoms with van der Waals surface area (Å²) >= 11 is 5.38. The van der Waals surface area contributed by atoms with Crippen LogP contribution in [0.25, 0.3) is 6.08 Å². The summed E-state index contributed by atoms with van der Waals surface area (Å²) < 4.78 is 10.5. The summed E-state index contributed by atoms with van der Waals surface area (Å²) in [5.74, 6) is 1.04. The molecule has 1 amide bonds. The Labute approximate surface area is 158 Å². The average Bonchev–Trinajstić information content (AvgIpc) is 2.87. The SMILES string of the molecule is COc1ccc(/C=C2\NC(=S)N(c3cc(C)cc(C)c3)C2=O)cc1OC. The standard InChI is InChI=1S/C20H20N2O3S/c1-12-7-13(2)9-15(8-12)22-19(23)16(21-20(22)26)10-14-5-6-17(24-3)18(11-14)25-4/h5-11H,1-4H3,(H,21,26)/b16-10-. The quantitative estimate of drug-likeness (QED) is 0.660. The van der Waals surface area contributed by atoms with Crippen LogP contribution < -0.4 is 19.7 Å². The third-order valence-electron chi connectivity index (χ3n) is 4.06. The Bertz CT molecular complexity index is 901. The molecule has 6 heteroatoms. The van der Waals surface area contributed by atoms with E-state index >= 15 is 0 Å². The van der Waals surface area contributed by atoms with Gasteiger partial charge in [-0.2, -0.15) is 0 Å². The summed E-state index contributed by atoms with van der Waals surface area (Å²) in [7, 11) is 3.16. The maximum absolute atomic E-state index is 12.9. The Morgan fingerprint density at radius 2 is 1.65 bits per heavy atom.